The van der Waals surface area contributed by atoms with Crippen LogP contribution >= 0.6 is 0 Å². The Bertz CT molecular complexity index is 631. The molecule has 1 fully saturated rings. The number of carboxylic acids is 1. The number of carbonyl (C=O) groups is 2. The molecule has 23 heavy (non-hydrogen) atoms. The van der Waals surface area contributed by atoms with E-state index < -0.39 is 5.97 Å². The Kier molecular flexibility index (Phi) is 4.32. The second-order valence-electron chi connectivity index (χ2n) is 6.16. The Balaban J connectivity index is 1.63. The molecule has 0 aromatic heterocycles. The van der Waals surface area contributed by atoms with E-state index in [1.165, 1.54) is 0 Å². The summed E-state index contributed by atoms with van der Waals surface area (Å²) >= 11 is 0. The number of hydrogen-bond donors (Lipinski definition) is 1. The molecule has 1 saturated heterocycles. The molecule has 0 aliphatic carbocycles. The Morgan fingerprint density at radius 2 is 1.78 bits per heavy atom. The number of hydrogen-bond acceptors (Lipinski definition) is 4. The highest BCUT2D eigenvalue weighted by Crippen LogP contribution is 2.22. The SMILES string of the molecule is CC1=NN(c2ccc(C(=O)N3CCC(C(=O)O)CC3)cc2)CC1. The Morgan fingerprint density at radius 3 is 2.30 bits per heavy atom. The van der Waals surface area contributed by atoms with Gasteiger partial charge in [-0.1, -0.05) is 0 Å². The van der Waals surface area contributed by atoms with Crippen LogP contribution in [-0.2, 0) is 4.79 Å². The molecule has 1 N–H and O–H groups in total. The number of likely N-dealkylation sites (tertiary alicyclic amines) is 1. The number of nitrogens with zero attached hydrogens (tertiary/aromatic N) is 3. The van der Waals surface area contributed by atoms with Crippen LogP contribution in [0.3, 0.4) is 0 Å². The Labute approximate surface area is 135 Å². The number of benzene rings is 1. The van der Waals surface area contributed by atoms with E-state index in [4.69, 9.17) is 5.11 Å². The number of anilines is 1. The summed E-state index contributed by atoms with van der Waals surface area (Å²) in [5, 5.41) is 15.4. The van der Waals surface area contributed by atoms with Gasteiger partial charge in [-0.05, 0) is 44.0 Å². The zero-order valence-electron chi connectivity index (χ0n) is 13.2. The Hall–Kier alpha value is -2.37. The zero-order valence-corrected chi connectivity index (χ0v) is 13.2. The summed E-state index contributed by atoms with van der Waals surface area (Å²) in [6.45, 7) is 3.90. The highest BCUT2D eigenvalue weighted by Gasteiger charge is 2.27. The summed E-state index contributed by atoms with van der Waals surface area (Å²) in [5.41, 5.74) is 2.75. The van der Waals surface area contributed by atoms with E-state index in [1.54, 1.807) is 4.90 Å². The first-order valence-electron chi connectivity index (χ1n) is 7.98. The van der Waals surface area contributed by atoms with E-state index in [0.717, 1.165) is 24.4 Å². The van der Waals surface area contributed by atoms with Crippen molar-refractivity contribution in [2.24, 2.45) is 11.0 Å². The minimum absolute atomic E-state index is 0.0264. The molecule has 0 spiro atoms. The summed E-state index contributed by atoms with van der Waals surface area (Å²) in [6.07, 6.45) is 2.03. The smallest absolute Gasteiger partial charge is 0.306 e. The molecule has 3 rings (SSSR count). The quantitative estimate of drug-likeness (QED) is 0.928. The summed E-state index contributed by atoms with van der Waals surface area (Å²) in [4.78, 5) is 25.2. The Morgan fingerprint density at radius 1 is 1.13 bits per heavy atom. The lowest BCUT2D eigenvalue weighted by atomic mass is 9.96. The zero-order chi connectivity index (χ0) is 16.4. The van der Waals surface area contributed by atoms with Crippen molar-refractivity contribution < 1.29 is 14.7 Å². The molecule has 0 unspecified atom stereocenters. The van der Waals surface area contributed by atoms with Gasteiger partial charge in [-0.2, -0.15) is 5.10 Å². The van der Waals surface area contributed by atoms with E-state index in [0.29, 0.717) is 31.5 Å². The van der Waals surface area contributed by atoms with Crippen molar-refractivity contribution in [3.8, 4) is 0 Å². The standard InChI is InChI=1S/C17H21N3O3/c1-12-6-11-20(18-12)15-4-2-13(3-5-15)16(21)19-9-7-14(8-10-19)17(22)23/h2-5,14H,6-11H2,1H3,(H,22,23). The van der Waals surface area contributed by atoms with Crippen molar-refractivity contribution >= 4 is 23.3 Å². The fourth-order valence-electron chi connectivity index (χ4n) is 3.05. The minimum atomic E-state index is -0.761. The summed E-state index contributed by atoms with van der Waals surface area (Å²) in [7, 11) is 0. The summed E-state index contributed by atoms with van der Waals surface area (Å²) in [6, 6.07) is 7.48. The topological polar surface area (TPSA) is 73.2 Å². The molecule has 0 saturated carbocycles. The molecule has 6 heteroatoms. The van der Waals surface area contributed by atoms with Crippen LogP contribution in [0.25, 0.3) is 0 Å². The molecule has 2 heterocycles. The van der Waals surface area contributed by atoms with Gasteiger partial charge in [-0.3, -0.25) is 14.6 Å². The van der Waals surface area contributed by atoms with Crippen molar-refractivity contribution in [2.75, 3.05) is 24.6 Å². The molecule has 1 aromatic rings. The average Bonchev–Trinajstić information content (AvgIpc) is 3.01. The number of carbonyl (C=O) groups excluding carboxylic acids is 1. The number of carboxylic acid groups (broad SMARTS) is 1. The van der Waals surface area contributed by atoms with Crippen molar-refractivity contribution in [2.45, 2.75) is 26.2 Å². The first kappa shape index (κ1) is 15.5. The lowest BCUT2D eigenvalue weighted by molar-refractivity contribution is -0.143. The van der Waals surface area contributed by atoms with Gasteiger partial charge in [0.15, 0.2) is 0 Å². The monoisotopic (exact) mass is 315 g/mol. The van der Waals surface area contributed by atoms with Gasteiger partial charge < -0.3 is 10.0 Å². The lowest BCUT2D eigenvalue weighted by Gasteiger charge is -2.30. The van der Waals surface area contributed by atoms with Crippen LogP contribution in [0.2, 0.25) is 0 Å². The van der Waals surface area contributed by atoms with Crippen LogP contribution in [0, 0.1) is 5.92 Å². The number of piperidine rings is 1. The molecule has 2 aliphatic rings. The maximum atomic E-state index is 12.5. The van der Waals surface area contributed by atoms with Gasteiger partial charge in [0.2, 0.25) is 0 Å². The van der Waals surface area contributed by atoms with Crippen molar-refractivity contribution in [1.29, 1.82) is 0 Å². The fourth-order valence-corrected chi connectivity index (χ4v) is 3.05. The average molecular weight is 315 g/mol. The minimum Gasteiger partial charge on any atom is -0.481 e. The third kappa shape index (κ3) is 3.36. The maximum absolute atomic E-state index is 12.5. The van der Waals surface area contributed by atoms with Crippen LogP contribution < -0.4 is 5.01 Å². The third-order valence-corrected chi connectivity index (χ3v) is 4.52. The molecule has 2 aliphatic heterocycles. The van der Waals surface area contributed by atoms with Crippen LogP contribution in [0.1, 0.15) is 36.5 Å². The number of hydrazone groups is 1. The number of amides is 1. The molecule has 6 nitrogen and oxygen atoms in total. The number of rotatable bonds is 3. The fraction of sp³-hybridized carbons (Fsp3) is 0.471. The van der Waals surface area contributed by atoms with Crippen molar-refractivity contribution in [1.82, 2.24) is 4.90 Å². The summed E-state index contributed by atoms with van der Waals surface area (Å²) in [5.74, 6) is -1.11. The van der Waals surface area contributed by atoms with Gasteiger partial charge >= 0.3 is 5.97 Å². The van der Waals surface area contributed by atoms with Crippen LogP contribution in [-0.4, -0.2) is 47.2 Å². The first-order valence-corrected chi connectivity index (χ1v) is 7.98. The van der Waals surface area contributed by atoms with Crippen molar-refractivity contribution in [3.05, 3.63) is 29.8 Å². The second-order valence-corrected chi connectivity index (χ2v) is 6.16. The third-order valence-electron chi connectivity index (χ3n) is 4.52. The normalized spacial score (nSPS) is 18.9. The molecule has 1 amide bonds. The molecule has 122 valence electrons. The largest absolute Gasteiger partial charge is 0.481 e. The van der Waals surface area contributed by atoms with E-state index in [1.807, 2.05) is 36.2 Å². The van der Waals surface area contributed by atoms with Gasteiger partial charge in [0.05, 0.1) is 11.6 Å². The van der Waals surface area contributed by atoms with Gasteiger partial charge in [-0.15, -0.1) is 0 Å². The highest BCUT2D eigenvalue weighted by molar-refractivity contribution is 5.95. The molecular weight excluding hydrogens is 294 g/mol. The van der Waals surface area contributed by atoms with E-state index in [2.05, 4.69) is 5.10 Å². The van der Waals surface area contributed by atoms with Crippen molar-refractivity contribution in [3.63, 3.8) is 0 Å². The van der Waals surface area contributed by atoms with E-state index >= 15 is 0 Å². The second kappa shape index (κ2) is 6.40. The molecule has 1 aromatic carbocycles. The van der Waals surface area contributed by atoms with Crippen LogP contribution in [0.4, 0.5) is 5.69 Å². The molecule has 0 atom stereocenters. The van der Waals surface area contributed by atoms with Crippen LogP contribution in [0.15, 0.2) is 29.4 Å². The van der Waals surface area contributed by atoms with Gasteiger partial charge in [0, 0.05) is 37.3 Å². The van der Waals surface area contributed by atoms with Gasteiger partial charge in [0.1, 0.15) is 0 Å². The highest BCUT2D eigenvalue weighted by atomic mass is 16.4. The van der Waals surface area contributed by atoms with E-state index in [-0.39, 0.29) is 11.8 Å². The van der Waals surface area contributed by atoms with Gasteiger partial charge in [-0.25, -0.2) is 0 Å². The summed E-state index contributed by atoms with van der Waals surface area (Å²) < 4.78 is 0. The molecular formula is C17H21N3O3. The molecule has 0 radical (unpaired) electrons. The first-order chi connectivity index (χ1) is 11.0. The van der Waals surface area contributed by atoms with Gasteiger partial charge in [0.25, 0.3) is 5.91 Å². The maximum Gasteiger partial charge on any atom is 0.306 e. The lowest BCUT2D eigenvalue weighted by Crippen LogP contribution is -2.40. The van der Waals surface area contributed by atoms with Crippen LogP contribution in [0.5, 0.6) is 0 Å². The van der Waals surface area contributed by atoms with E-state index in [9.17, 15) is 9.59 Å². The predicted octanol–water partition coefficient (Wildman–Crippen LogP) is 2.21. The predicted molar refractivity (Wildman–Crippen MR) is 87.8 cm³/mol. The molecule has 0 bridgehead atoms. The number of aliphatic carboxylic acids is 1.